The van der Waals surface area contributed by atoms with Crippen molar-refractivity contribution in [2.75, 3.05) is 0 Å². The van der Waals surface area contributed by atoms with Crippen LogP contribution in [0.15, 0.2) is 12.2 Å². The van der Waals surface area contributed by atoms with Crippen LogP contribution in [0.3, 0.4) is 0 Å². The van der Waals surface area contributed by atoms with E-state index in [2.05, 4.69) is 0 Å². The maximum Gasteiger partial charge on any atom is 0.306 e. The Balaban J connectivity index is 2.45. The molecule has 1 saturated heterocycles. The number of ether oxygens (including phenoxy) is 1. The van der Waals surface area contributed by atoms with E-state index in [1.54, 1.807) is 0 Å². The lowest BCUT2D eigenvalue weighted by Crippen LogP contribution is -2.28. The molecule has 0 aromatic rings. The first kappa shape index (κ1) is 11.2. The Hall–Kier alpha value is -0.830. The predicted molar refractivity (Wildman–Crippen MR) is 53.8 cm³/mol. The van der Waals surface area contributed by atoms with E-state index < -0.39 is 6.10 Å². The number of cyclic esters (lactones) is 1. The normalized spacial score (nSPS) is 28.9. The van der Waals surface area contributed by atoms with Crippen LogP contribution in [-0.2, 0) is 9.53 Å². The van der Waals surface area contributed by atoms with Crippen LogP contribution in [0.1, 0.15) is 39.0 Å². The van der Waals surface area contributed by atoms with Gasteiger partial charge in [-0.3, -0.25) is 4.79 Å². The minimum atomic E-state index is -0.497. The summed E-state index contributed by atoms with van der Waals surface area (Å²) < 4.78 is 5.13. The Bertz CT molecular complexity index is 211. The second-order valence-electron chi connectivity index (χ2n) is 3.60. The van der Waals surface area contributed by atoms with Gasteiger partial charge in [-0.1, -0.05) is 19.1 Å². The smallest absolute Gasteiger partial charge is 0.306 e. The molecule has 0 bridgehead atoms. The second kappa shape index (κ2) is 5.81. The van der Waals surface area contributed by atoms with Crippen molar-refractivity contribution < 1.29 is 14.6 Å². The Labute approximate surface area is 84.8 Å². The molecule has 14 heavy (non-hydrogen) atoms. The maximum absolute atomic E-state index is 11.1. The summed E-state index contributed by atoms with van der Waals surface area (Å²) >= 11 is 0. The van der Waals surface area contributed by atoms with Crippen LogP contribution < -0.4 is 0 Å². The molecule has 0 aromatic heterocycles. The van der Waals surface area contributed by atoms with Crippen molar-refractivity contribution in [2.24, 2.45) is 0 Å². The average Bonchev–Trinajstić information content (AvgIpc) is 2.30. The molecule has 0 amide bonds. The highest BCUT2D eigenvalue weighted by molar-refractivity contribution is 5.69. The Kier molecular flexibility index (Phi) is 4.66. The van der Waals surface area contributed by atoms with Crippen molar-refractivity contribution in [1.29, 1.82) is 0 Å². The fourth-order valence-corrected chi connectivity index (χ4v) is 1.55. The first-order valence-corrected chi connectivity index (χ1v) is 5.26. The zero-order valence-corrected chi connectivity index (χ0v) is 8.61. The SMILES string of the molecule is CCC=CCC1OC(=O)CCCC1O. The largest absolute Gasteiger partial charge is 0.459 e. The fourth-order valence-electron chi connectivity index (χ4n) is 1.55. The van der Waals surface area contributed by atoms with Crippen LogP contribution in [0.5, 0.6) is 0 Å². The van der Waals surface area contributed by atoms with Crippen LogP contribution in [-0.4, -0.2) is 23.3 Å². The van der Waals surface area contributed by atoms with Gasteiger partial charge in [-0.15, -0.1) is 0 Å². The van der Waals surface area contributed by atoms with Crippen molar-refractivity contribution >= 4 is 5.97 Å². The van der Waals surface area contributed by atoms with Gasteiger partial charge in [0.05, 0.1) is 6.10 Å². The second-order valence-corrected chi connectivity index (χ2v) is 3.60. The van der Waals surface area contributed by atoms with Crippen molar-refractivity contribution in [1.82, 2.24) is 0 Å². The summed E-state index contributed by atoms with van der Waals surface area (Å²) in [6, 6.07) is 0. The molecule has 0 saturated carbocycles. The summed E-state index contributed by atoms with van der Waals surface area (Å²) in [5, 5.41) is 9.65. The fraction of sp³-hybridized carbons (Fsp3) is 0.727. The Morgan fingerprint density at radius 1 is 1.57 bits per heavy atom. The topological polar surface area (TPSA) is 46.5 Å². The van der Waals surface area contributed by atoms with Gasteiger partial charge in [0.25, 0.3) is 0 Å². The van der Waals surface area contributed by atoms with Crippen molar-refractivity contribution in [3.05, 3.63) is 12.2 Å². The van der Waals surface area contributed by atoms with Crippen molar-refractivity contribution in [3.63, 3.8) is 0 Å². The van der Waals surface area contributed by atoms with Gasteiger partial charge < -0.3 is 9.84 Å². The Morgan fingerprint density at radius 2 is 2.36 bits per heavy atom. The number of esters is 1. The van der Waals surface area contributed by atoms with E-state index in [0.717, 1.165) is 12.8 Å². The van der Waals surface area contributed by atoms with Crippen LogP contribution in [0, 0.1) is 0 Å². The molecule has 0 aromatic carbocycles. The van der Waals surface area contributed by atoms with E-state index in [0.29, 0.717) is 19.3 Å². The van der Waals surface area contributed by atoms with Crippen LogP contribution in [0.2, 0.25) is 0 Å². The van der Waals surface area contributed by atoms with E-state index in [-0.39, 0.29) is 12.1 Å². The molecular formula is C11H18O3. The van der Waals surface area contributed by atoms with Gasteiger partial charge >= 0.3 is 5.97 Å². The third kappa shape index (κ3) is 3.50. The van der Waals surface area contributed by atoms with Gasteiger partial charge in [0.1, 0.15) is 6.10 Å². The highest BCUT2D eigenvalue weighted by atomic mass is 16.6. The molecular weight excluding hydrogens is 180 g/mol. The highest BCUT2D eigenvalue weighted by Gasteiger charge is 2.25. The number of carbonyl (C=O) groups is 1. The molecule has 3 nitrogen and oxygen atoms in total. The van der Waals surface area contributed by atoms with E-state index in [4.69, 9.17) is 4.74 Å². The summed E-state index contributed by atoms with van der Waals surface area (Å²) in [5.41, 5.74) is 0. The van der Waals surface area contributed by atoms with Gasteiger partial charge in [-0.05, 0) is 19.3 Å². The van der Waals surface area contributed by atoms with Crippen LogP contribution >= 0.6 is 0 Å². The minimum absolute atomic E-state index is 0.184. The average molecular weight is 198 g/mol. The minimum Gasteiger partial charge on any atom is -0.459 e. The molecule has 1 N–H and O–H groups in total. The molecule has 0 spiro atoms. The monoisotopic (exact) mass is 198 g/mol. The summed E-state index contributed by atoms with van der Waals surface area (Å²) in [6.45, 7) is 2.05. The van der Waals surface area contributed by atoms with Crippen LogP contribution in [0.4, 0.5) is 0 Å². The summed E-state index contributed by atoms with van der Waals surface area (Å²) in [4.78, 5) is 11.1. The maximum atomic E-state index is 11.1. The molecule has 1 fully saturated rings. The number of carbonyl (C=O) groups excluding carboxylic acids is 1. The molecule has 0 aliphatic carbocycles. The van der Waals surface area contributed by atoms with E-state index in [1.807, 2.05) is 19.1 Å². The van der Waals surface area contributed by atoms with Gasteiger partial charge in [-0.25, -0.2) is 0 Å². The lowest BCUT2D eigenvalue weighted by Gasteiger charge is -2.18. The number of aliphatic hydroxyl groups excluding tert-OH is 1. The summed E-state index contributed by atoms with van der Waals surface area (Å²) in [7, 11) is 0. The van der Waals surface area contributed by atoms with E-state index in [9.17, 15) is 9.90 Å². The zero-order valence-electron chi connectivity index (χ0n) is 8.61. The number of rotatable bonds is 3. The van der Waals surface area contributed by atoms with E-state index >= 15 is 0 Å². The Morgan fingerprint density at radius 3 is 3.07 bits per heavy atom. The summed E-state index contributed by atoms with van der Waals surface area (Å²) in [6.07, 6.45) is 6.57. The first-order valence-electron chi connectivity index (χ1n) is 5.26. The predicted octanol–water partition coefficient (Wildman–Crippen LogP) is 1.80. The third-order valence-electron chi connectivity index (χ3n) is 2.36. The molecule has 0 radical (unpaired) electrons. The molecule has 80 valence electrons. The molecule has 1 aliphatic heterocycles. The number of allylic oxidation sites excluding steroid dienone is 1. The lowest BCUT2D eigenvalue weighted by atomic mass is 10.1. The third-order valence-corrected chi connectivity index (χ3v) is 2.36. The van der Waals surface area contributed by atoms with E-state index in [1.165, 1.54) is 0 Å². The lowest BCUT2D eigenvalue weighted by molar-refractivity contribution is -0.151. The van der Waals surface area contributed by atoms with Gasteiger partial charge in [0.15, 0.2) is 0 Å². The molecule has 3 heteroatoms. The molecule has 2 unspecified atom stereocenters. The van der Waals surface area contributed by atoms with Gasteiger partial charge in [0.2, 0.25) is 0 Å². The molecule has 1 aliphatic rings. The molecule has 1 heterocycles. The highest BCUT2D eigenvalue weighted by Crippen LogP contribution is 2.17. The quantitative estimate of drug-likeness (QED) is 0.555. The number of hydrogen-bond acceptors (Lipinski definition) is 3. The zero-order chi connectivity index (χ0) is 10.4. The van der Waals surface area contributed by atoms with Crippen molar-refractivity contribution in [3.8, 4) is 0 Å². The molecule has 2 atom stereocenters. The van der Waals surface area contributed by atoms with Gasteiger partial charge in [0, 0.05) is 12.8 Å². The van der Waals surface area contributed by atoms with Crippen LogP contribution in [0.25, 0.3) is 0 Å². The number of aliphatic hydroxyl groups is 1. The number of hydrogen-bond donors (Lipinski definition) is 1. The molecule has 1 rings (SSSR count). The first-order chi connectivity index (χ1) is 6.74. The van der Waals surface area contributed by atoms with Crippen molar-refractivity contribution in [2.45, 2.75) is 51.2 Å². The standard InChI is InChI=1S/C11H18O3/c1-2-3-4-7-10-9(12)6-5-8-11(13)14-10/h3-4,9-10,12H,2,5-8H2,1H3. The van der Waals surface area contributed by atoms with Gasteiger partial charge in [-0.2, -0.15) is 0 Å². The summed E-state index contributed by atoms with van der Waals surface area (Å²) in [5.74, 6) is -0.184.